The molecule has 0 radical (unpaired) electrons. The van der Waals surface area contributed by atoms with Gasteiger partial charge in [-0.2, -0.15) is 0 Å². The molecule has 1 N–H and O–H groups in total. The topological polar surface area (TPSA) is 20.2 Å². The van der Waals surface area contributed by atoms with Crippen LogP contribution in [-0.4, -0.2) is 5.11 Å². The highest BCUT2D eigenvalue weighted by Crippen LogP contribution is 2.19. The average molecular weight is 176 g/mol. The number of aryl methyl sites for hydroxylation is 1. The van der Waals surface area contributed by atoms with Crippen molar-refractivity contribution in [2.75, 3.05) is 0 Å². The molecule has 1 nitrogen and oxygen atoms in total. The van der Waals surface area contributed by atoms with E-state index in [1.165, 1.54) is 5.56 Å². The third-order valence-electron chi connectivity index (χ3n) is 2.22. The molecule has 0 aromatic heterocycles. The maximum atomic E-state index is 9.31. The van der Waals surface area contributed by atoms with E-state index in [1.807, 2.05) is 25.1 Å². The summed E-state index contributed by atoms with van der Waals surface area (Å²) in [5.41, 5.74) is 2.19. The molecule has 0 aliphatic carbocycles. The lowest BCUT2D eigenvalue weighted by Gasteiger charge is -2.07. The molecule has 13 heavy (non-hydrogen) atoms. The van der Waals surface area contributed by atoms with Gasteiger partial charge in [0.25, 0.3) is 0 Å². The minimum Gasteiger partial charge on any atom is -0.508 e. The zero-order chi connectivity index (χ0) is 9.84. The van der Waals surface area contributed by atoms with Gasteiger partial charge in [-0.15, -0.1) is 6.58 Å². The van der Waals surface area contributed by atoms with Crippen LogP contribution >= 0.6 is 0 Å². The minimum atomic E-state index is 0.370. The van der Waals surface area contributed by atoms with E-state index in [1.54, 1.807) is 6.07 Å². The lowest BCUT2D eigenvalue weighted by atomic mass is 10.00. The van der Waals surface area contributed by atoms with E-state index in [0.717, 1.165) is 12.0 Å². The molecule has 0 saturated heterocycles. The third-order valence-corrected chi connectivity index (χ3v) is 2.22. The summed E-state index contributed by atoms with van der Waals surface area (Å²) in [6, 6.07) is 5.73. The summed E-state index contributed by atoms with van der Waals surface area (Å²) in [7, 11) is 0. The average Bonchev–Trinajstić information content (AvgIpc) is 2.11. The first-order valence-electron chi connectivity index (χ1n) is 4.54. The highest BCUT2D eigenvalue weighted by molar-refractivity contribution is 5.35. The van der Waals surface area contributed by atoms with Crippen molar-refractivity contribution in [1.82, 2.24) is 0 Å². The molecule has 0 fully saturated rings. The number of rotatable bonds is 3. The Hall–Kier alpha value is -1.24. The van der Waals surface area contributed by atoms with Crippen LogP contribution < -0.4 is 0 Å². The summed E-state index contributed by atoms with van der Waals surface area (Å²) in [6.07, 6.45) is 2.94. The molecule has 0 spiro atoms. The molecule has 1 rings (SSSR count). The van der Waals surface area contributed by atoms with Gasteiger partial charge in [0.1, 0.15) is 5.75 Å². The van der Waals surface area contributed by atoms with Gasteiger partial charge in [0.2, 0.25) is 0 Å². The lowest BCUT2D eigenvalue weighted by molar-refractivity contribution is 0.470. The van der Waals surface area contributed by atoms with E-state index in [9.17, 15) is 5.11 Å². The predicted molar refractivity (Wildman–Crippen MR) is 55.9 cm³/mol. The highest BCUT2D eigenvalue weighted by Gasteiger charge is 2.01. The second kappa shape index (κ2) is 4.13. The minimum absolute atomic E-state index is 0.370. The largest absolute Gasteiger partial charge is 0.508 e. The van der Waals surface area contributed by atoms with Crippen LogP contribution in [0, 0.1) is 12.8 Å². The van der Waals surface area contributed by atoms with Crippen LogP contribution in [0.5, 0.6) is 5.75 Å². The number of allylic oxidation sites excluding steroid dienone is 1. The molecule has 70 valence electrons. The molecule has 0 saturated carbocycles. The van der Waals surface area contributed by atoms with Crippen molar-refractivity contribution in [3.8, 4) is 5.75 Å². The number of hydrogen-bond acceptors (Lipinski definition) is 1. The van der Waals surface area contributed by atoms with Crippen molar-refractivity contribution in [2.45, 2.75) is 20.3 Å². The van der Waals surface area contributed by atoms with Crippen molar-refractivity contribution < 1.29 is 5.11 Å². The number of aromatic hydroxyl groups is 1. The maximum Gasteiger partial charge on any atom is 0.118 e. The summed E-state index contributed by atoms with van der Waals surface area (Å²) in [5.74, 6) is 0.860. The van der Waals surface area contributed by atoms with Gasteiger partial charge in [-0.1, -0.05) is 25.1 Å². The van der Waals surface area contributed by atoms with Crippen LogP contribution in [0.1, 0.15) is 18.1 Å². The van der Waals surface area contributed by atoms with Crippen LogP contribution in [0.4, 0.5) is 0 Å². The van der Waals surface area contributed by atoms with Gasteiger partial charge >= 0.3 is 0 Å². The first-order chi connectivity index (χ1) is 6.13. The Labute approximate surface area is 79.7 Å². The van der Waals surface area contributed by atoms with E-state index >= 15 is 0 Å². The van der Waals surface area contributed by atoms with Crippen LogP contribution in [0.3, 0.4) is 0 Å². The molecule has 1 unspecified atom stereocenters. The fraction of sp³-hybridized carbons (Fsp3) is 0.333. The van der Waals surface area contributed by atoms with Crippen LogP contribution in [0.15, 0.2) is 30.9 Å². The molecule has 0 aliphatic rings. The van der Waals surface area contributed by atoms with Gasteiger partial charge in [0, 0.05) is 0 Å². The van der Waals surface area contributed by atoms with Gasteiger partial charge in [-0.05, 0) is 36.5 Å². The Balaban J connectivity index is 2.79. The van der Waals surface area contributed by atoms with Gasteiger partial charge in [0.15, 0.2) is 0 Å². The SMILES string of the molecule is C=CC(C)Cc1ccc(O)c(C)c1. The Morgan fingerprint density at radius 2 is 2.23 bits per heavy atom. The fourth-order valence-corrected chi connectivity index (χ4v) is 1.30. The van der Waals surface area contributed by atoms with Gasteiger partial charge in [-0.25, -0.2) is 0 Å². The Bertz CT molecular complexity index is 302. The molecule has 0 amide bonds. The summed E-state index contributed by atoms with van der Waals surface area (Å²) in [6.45, 7) is 7.80. The van der Waals surface area contributed by atoms with Crippen molar-refractivity contribution >= 4 is 0 Å². The zero-order valence-electron chi connectivity index (χ0n) is 8.25. The molecule has 0 aliphatic heterocycles. The first-order valence-corrected chi connectivity index (χ1v) is 4.54. The number of phenolic OH excluding ortho intramolecular Hbond substituents is 1. The second-order valence-electron chi connectivity index (χ2n) is 3.54. The zero-order valence-corrected chi connectivity index (χ0v) is 8.25. The summed E-state index contributed by atoms with van der Waals surface area (Å²) < 4.78 is 0. The Kier molecular flexibility index (Phi) is 3.13. The summed E-state index contributed by atoms with van der Waals surface area (Å²) >= 11 is 0. The fourth-order valence-electron chi connectivity index (χ4n) is 1.30. The van der Waals surface area contributed by atoms with Crippen LogP contribution in [0.2, 0.25) is 0 Å². The first kappa shape index (κ1) is 9.85. The molecular weight excluding hydrogens is 160 g/mol. The van der Waals surface area contributed by atoms with Crippen LogP contribution in [-0.2, 0) is 6.42 Å². The van der Waals surface area contributed by atoms with E-state index < -0.39 is 0 Å². The van der Waals surface area contributed by atoms with E-state index in [2.05, 4.69) is 13.5 Å². The third kappa shape index (κ3) is 2.62. The number of hydrogen-bond donors (Lipinski definition) is 1. The quantitative estimate of drug-likeness (QED) is 0.702. The van der Waals surface area contributed by atoms with E-state index in [0.29, 0.717) is 11.7 Å². The monoisotopic (exact) mass is 176 g/mol. The van der Waals surface area contributed by atoms with Crippen LogP contribution in [0.25, 0.3) is 0 Å². The lowest BCUT2D eigenvalue weighted by Crippen LogP contribution is -1.95. The van der Waals surface area contributed by atoms with E-state index in [4.69, 9.17) is 0 Å². The van der Waals surface area contributed by atoms with E-state index in [-0.39, 0.29) is 0 Å². The molecule has 0 heterocycles. The molecule has 1 atom stereocenters. The molecule has 0 bridgehead atoms. The molecule has 1 aromatic rings. The number of benzene rings is 1. The standard InChI is InChI=1S/C12H16O/c1-4-9(2)7-11-5-6-12(13)10(3)8-11/h4-6,8-9,13H,1,7H2,2-3H3. The van der Waals surface area contributed by atoms with Crippen molar-refractivity contribution in [3.05, 3.63) is 42.0 Å². The summed E-state index contributed by atoms with van der Waals surface area (Å²) in [5, 5.41) is 9.31. The molecule has 1 aromatic carbocycles. The number of phenols is 1. The van der Waals surface area contributed by atoms with Crippen molar-refractivity contribution in [2.24, 2.45) is 5.92 Å². The second-order valence-corrected chi connectivity index (χ2v) is 3.54. The molecule has 1 heteroatoms. The highest BCUT2D eigenvalue weighted by atomic mass is 16.3. The van der Waals surface area contributed by atoms with Crippen molar-refractivity contribution in [3.63, 3.8) is 0 Å². The Morgan fingerprint density at radius 3 is 2.77 bits per heavy atom. The molecular formula is C12H16O. The predicted octanol–water partition coefficient (Wildman–Crippen LogP) is 3.07. The summed E-state index contributed by atoms with van der Waals surface area (Å²) in [4.78, 5) is 0. The van der Waals surface area contributed by atoms with Gasteiger partial charge < -0.3 is 5.11 Å². The maximum absolute atomic E-state index is 9.31. The van der Waals surface area contributed by atoms with Gasteiger partial charge in [-0.3, -0.25) is 0 Å². The Morgan fingerprint density at radius 1 is 1.54 bits per heavy atom. The van der Waals surface area contributed by atoms with Crippen molar-refractivity contribution in [1.29, 1.82) is 0 Å². The van der Waals surface area contributed by atoms with Gasteiger partial charge in [0.05, 0.1) is 0 Å². The normalized spacial score (nSPS) is 12.5. The smallest absolute Gasteiger partial charge is 0.118 e.